The number of halogens is 1. The third-order valence-electron chi connectivity index (χ3n) is 3.43. The Labute approximate surface area is 146 Å². The second-order valence-corrected chi connectivity index (χ2v) is 6.15. The molecule has 3 N–H and O–H groups in total. The highest BCUT2D eigenvalue weighted by atomic mass is 19.1. The van der Waals surface area contributed by atoms with Gasteiger partial charge in [0.25, 0.3) is 0 Å². The average Bonchev–Trinajstić information content (AvgIpc) is 2.56. The number of urea groups is 1. The van der Waals surface area contributed by atoms with Gasteiger partial charge in [-0.2, -0.15) is 0 Å². The summed E-state index contributed by atoms with van der Waals surface area (Å²) in [5.74, 6) is 0.441. The number of hydrogen-bond donors (Lipinski definition) is 3. The summed E-state index contributed by atoms with van der Waals surface area (Å²) < 4.78 is 19.7. The third kappa shape index (κ3) is 6.08. The summed E-state index contributed by atoms with van der Waals surface area (Å²) in [6, 6.07) is 12.6. The summed E-state index contributed by atoms with van der Waals surface area (Å²) in [5, 5.41) is 14.8. The molecule has 0 saturated carbocycles. The Balaban J connectivity index is 2.02. The SMILES string of the molecule is CC(C)CC(O)CNC(=O)Nc1c(F)cccc1Oc1ccccc1. The lowest BCUT2D eigenvalue weighted by molar-refractivity contribution is 0.148. The first-order chi connectivity index (χ1) is 12.0. The lowest BCUT2D eigenvalue weighted by atomic mass is 10.1. The molecule has 2 aromatic rings. The van der Waals surface area contributed by atoms with Crippen LogP contribution < -0.4 is 15.4 Å². The Kier molecular flexibility index (Phi) is 6.77. The fourth-order valence-corrected chi connectivity index (χ4v) is 2.32. The van der Waals surface area contributed by atoms with Crippen LogP contribution >= 0.6 is 0 Å². The molecule has 2 rings (SSSR count). The molecule has 2 aromatic carbocycles. The van der Waals surface area contributed by atoms with E-state index in [4.69, 9.17) is 4.74 Å². The average molecular weight is 346 g/mol. The van der Waals surface area contributed by atoms with Crippen LogP contribution in [0.25, 0.3) is 0 Å². The van der Waals surface area contributed by atoms with Crippen LogP contribution in [0.5, 0.6) is 11.5 Å². The number of benzene rings is 2. The molecule has 0 aliphatic heterocycles. The molecule has 0 radical (unpaired) electrons. The van der Waals surface area contributed by atoms with Crippen molar-refractivity contribution in [1.29, 1.82) is 0 Å². The van der Waals surface area contributed by atoms with Gasteiger partial charge in [0.15, 0.2) is 11.6 Å². The number of hydrogen-bond acceptors (Lipinski definition) is 3. The Morgan fingerprint density at radius 1 is 1.16 bits per heavy atom. The van der Waals surface area contributed by atoms with E-state index in [2.05, 4.69) is 10.6 Å². The number of rotatable bonds is 7. The van der Waals surface area contributed by atoms with Gasteiger partial charge in [-0.15, -0.1) is 0 Å². The molecule has 1 atom stereocenters. The minimum absolute atomic E-state index is 0.0535. The van der Waals surface area contributed by atoms with Gasteiger partial charge >= 0.3 is 6.03 Å². The van der Waals surface area contributed by atoms with Crippen LogP contribution in [-0.4, -0.2) is 23.8 Å². The first-order valence-electron chi connectivity index (χ1n) is 8.20. The highest BCUT2D eigenvalue weighted by Crippen LogP contribution is 2.31. The third-order valence-corrected chi connectivity index (χ3v) is 3.43. The predicted molar refractivity (Wildman–Crippen MR) is 95.4 cm³/mol. The van der Waals surface area contributed by atoms with Crippen molar-refractivity contribution >= 4 is 11.7 Å². The molecule has 0 aliphatic rings. The maximum Gasteiger partial charge on any atom is 0.319 e. The molecule has 0 aliphatic carbocycles. The standard InChI is InChI=1S/C19H23FN2O3/c1-13(2)11-14(23)12-21-19(24)22-18-16(20)9-6-10-17(18)25-15-7-4-3-5-8-15/h3-10,13-14,23H,11-12H2,1-2H3,(H2,21,22,24). The smallest absolute Gasteiger partial charge is 0.319 e. The molecule has 0 fully saturated rings. The van der Waals surface area contributed by atoms with E-state index in [1.54, 1.807) is 30.3 Å². The highest BCUT2D eigenvalue weighted by Gasteiger charge is 2.15. The molecule has 0 heterocycles. The number of carbonyl (C=O) groups excluding carboxylic acids is 1. The first kappa shape index (κ1) is 18.7. The maximum atomic E-state index is 14.1. The Hall–Kier alpha value is -2.60. The molecular weight excluding hydrogens is 323 g/mol. The topological polar surface area (TPSA) is 70.6 Å². The van der Waals surface area contributed by atoms with E-state index in [0.717, 1.165) is 0 Å². The zero-order valence-corrected chi connectivity index (χ0v) is 14.3. The van der Waals surface area contributed by atoms with Crippen molar-refractivity contribution in [1.82, 2.24) is 5.32 Å². The van der Waals surface area contributed by atoms with E-state index in [0.29, 0.717) is 18.1 Å². The van der Waals surface area contributed by atoms with Crippen LogP contribution in [0.2, 0.25) is 0 Å². The van der Waals surface area contributed by atoms with Crippen molar-refractivity contribution in [3.8, 4) is 11.5 Å². The van der Waals surface area contributed by atoms with Gasteiger partial charge in [-0.05, 0) is 36.6 Å². The van der Waals surface area contributed by atoms with E-state index < -0.39 is 18.0 Å². The van der Waals surface area contributed by atoms with Crippen LogP contribution in [0.3, 0.4) is 0 Å². The van der Waals surface area contributed by atoms with E-state index in [1.165, 1.54) is 12.1 Å². The molecule has 6 heteroatoms. The van der Waals surface area contributed by atoms with Gasteiger partial charge in [0, 0.05) is 6.54 Å². The van der Waals surface area contributed by atoms with Gasteiger partial charge in [0.2, 0.25) is 0 Å². The summed E-state index contributed by atoms with van der Waals surface area (Å²) in [6.07, 6.45) is -0.0751. The molecule has 2 amide bonds. The molecule has 0 spiro atoms. The fourth-order valence-electron chi connectivity index (χ4n) is 2.32. The lowest BCUT2D eigenvalue weighted by Crippen LogP contribution is -2.36. The molecule has 25 heavy (non-hydrogen) atoms. The number of aliphatic hydroxyl groups excluding tert-OH is 1. The quantitative estimate of drug-likeness (QED) is 0.705. The minimum Gasteiger partial charge on any atom is -0.455 e. The molecule has 0 bridgehead atoms. The van der Waals surface area contributed by atoms with E-state index in [9.17, 15) is 14.3 Å². The fraction of sp³-hybridized carbons (Fsp3) is 0.316. The second kappa shape index (κ2) is 9.03. The molecule has 134 valence electrons. The minimum atomic E-state index is -0.647. The van der Waals surface area contributed by atoms with Gasteiger partial charge < -0.3 is 20.5 Å². The summed E-state index contributed by atoms with van der Waals surface area (Å²) in [5.41, 5.74) is -0.0535. The Bertz CT molecular complexity index is 692. The van der Waals surface area contributed by atoms with Crippen LogP contribution in [0.15, 0.2) is 48.5 Å². The summed E-state index contributed by atoms with van der Waals surface area (Å²) >= 11 is 0. The maximum absolute atomic E-state index is 14.1. The van der Waals surface area contributed by atoms with Crippen LogP contribution in [0.1, 0.15) is 20.3 Å². The number of para-hydroxylation sites is 2. The number of anilines is 1. The Morgan fingerprint density at radius 2 is 1.88 bits per heavy atom. The predicted octanol–water partition coefficient (Wildman–Crippen LogP) is 4.15. The largest absolute Gasteiger partial charge is 0.455 e. The molecule has 1 unspecified atom stereocenters. The number of carbonyl (C=O) groups is 1. The number of ether oxygens (including phenoxy) is 1. The van der Waals surface area contributed by atoms with Gasteiger partial charge in [-0.3, -0.25) is 0 Å². The number of nitrogens with one attached hydrogen (secondary N) is 2. The highest BCUT2D eigenvalue weighted by molar-refractivity contribution is 5.91. The van der Waals surface area contributed by atoms with Crippen molar-refractivity contribution in [3.05, 3.63) is 54.3 Å². The van der Waals surface area contributed by atoms with E-state index >= 15 is 0 Å². The molecule has 0 aromatic heterocycles. The van der Waals surface area contributed by atoms with Crippen LogP contribution in [0.4, 0.5) is 14.9 Å². The van der Waals surface area contributed by atoms with Crippen molar-refractivity contribution in [3.63, 3.8) is 0 Å². The van der Waals surface area contributed by atoms with E-state index in [1.807, 2.05) is 19.9 Å². The normalized spacial score (nSPS) is 11.9. The van der Waals surface area contributed by atoms with Crippen molar-refractivity contribution in [2.75, 3.05) is 11.9 Å². The van der Waals surface area contributed by atoms with E-state index in [-0.39, 0.29) is 18.0 Å². The van der Waals surface area contributed by atoms with Gasteiger partial charge in [0.1, 0.15) is 11.4 Å². The summed E-state index contributed by atoms with van der Waals surface area (Å²) in [7, 11) is 0. The monoisotopic (exact) mass is 346 g/mol. The van der Waals surface area contributed by atoms with Crippen molar-refractivity contribution in [2.45, 2.75) is 26.4 Å². The van der Waals surface area contributed by atoms with Gasteiger partial charge in [-0.25, -0.2) is 9.18 Å². The summed E-state index contributed by atoms with van der Waals surface area (Å²) in [4.78, 5) is 12.0. The van der Waals surface area contributed by atoms with Crippen LogP contribution in [0, 0.1) is 11.7 Å². The summed E-state index contributed by atoms with van der Waals surface area (Å²) in [6.45, 7) is 4.05. The zero-order valence-electron chi connectivity index (χ0n) is 14.3. The number of aliphatic hydroxyl groups is 1. The molecule has 5 nitrogen and oxygen atoms in total. The van der Waals surface area contributed by atoms with Gasteiger partial charge in [-0.1, -0.05) is 38.1 Å². The molecule has 0 saturated heterocycles. The number of amides is 2. The van der Waals surface area contributed by atoms with Crippen molar-refractivity contribution < 1.29 is 19.0 Å². The Morgan fingerprint density at radius 3 is 2.56 bits per heavy atom. The van der Waals surface area contributed by atoms with Crippen LogP contribution in [-0.2, 0) is 0 Å². The van der Waals surface area contributed by atoms with Crippen molar-refractivity contribution in [2.24, 2.45) is 5.92 Å². The lowest BCUT2D eigenvalue weighted by Gasteiger charge is -2.16. The second-order valence-electron chi connectivity index (χ2n) is 6.15. The first-order valence-corrected chi connectivity index (χ1v) is 8.20. The zero-order chi connectivity index (χ0) is 18.2. The van der Waals surface area contributed by atoms with Gasteiger partial charge in [0.05, 0.1) is 6.10 Å². The molecular formula is C19H23FN2O3.